The molecule has 0 unspecified atom stereocenters. The molecule has 112 valence electrons. The maximum Gasteiger partial charge on any atom is 0.416 e. The summed E-state index contributed by atoms with van der Waals surface area (Å²) in [6, 6.07) is 8.70. The average molecular weight is 316 g/mol. The van der Waals surface area contributed by atoms with E-state index in [0.29, 0.717) is 5.56 Å². The Kier molecular flexibility index (Phi) is 4.29. The molecule has 2 aromatic rings. The Hall–Kier alpha value is -1.93. The summed E-state index contributed by atoms with van der Waals surface area (Å²) >= 11 is 0. The molecule has 0 aliphatic rings. The number of pyridine rings is 1. The van der Waals surface area contributed by atoms with Crippen LogP contribution in [0.2, 0.25) is 0 Å². The van der Waals surface area contributed by atoms with Gasteiger partial charge < -0.3 is 0 Å². The van der Waals surface area contributed by atoms with E-state index < -0.39 is 21.8 Å². The van der Waals surface area contributed by atoms with Crippen molar-refractivity contribution in [1.29, 1.82) is 0 Å². The summed E-state index contributed by atoms with van der Waals surface area (Å²) in [6.45, 7) is -0.114. The Bertz CT molecular complexity index is 698. The van der Waals surface area contributed by atoms with Gasteiger partial charge in [0.05, 0.1) is 5.56 Å². The highest BCUT2D eigenvalue weighted by Crippen LogP contribution is 2.29. The van der Waals surface area contributed by atoms with E-state index in [9.17, 15) is 21.6 Å². The molecule has 1 aromatic carbocycles. The van der Waals surface area contributed by atoms with Crippen molar-refractivity contribution in [3.05, 3.63) is 59.8 Å². The van der Waals surface area contributed by atoms with Crippen LogP contribution in [-0.2, 0) is 22.7 Å². The lowest BCUT2D eigenvalue weighted by atomic mass is 10.1. The molecular weight excluding hydrogens is 305 g/mol. The highest BCUT2D eigenvalue weighted by molar-refractivity contribution is 7.89. The second-order valence-corrected chi connectivity index (χ2v) is 5.90. The van der Waals surface area contributed by atoms with E-state index in [2.05, 4.69) is 9.71 Å². The van der Waals surface area contributed by atoms with Crippen molar-refractivity contribution in [2.24, 2.45) is 0 Å². The Morgan fingerprint density at radius 3 is 2.24 bits per heavy atom. The lowest BCUT2D eigenvalue weighted by molar-refractivity contribution is -0.137. The number of benzene rings is 1. The van der Waals surface area contributed by atoms with Crippen molar-refractivity contribution in [3.8, 4) is 0 Å². The maximum atomic E-state index is 12.4. The fourth-order valence-electron chi connectivity index (χ4n) is 1.57. The van der Waals surface area contributed by atoms with Gasteiger partial charge in [-0.1, -0.05) is 18.2 Å². The number of alkyl halides is 3. The van der Waals surface area contributed by atoms with Gasteiger partial charge in [0.25, 0.3) is 10.0 Å². The number of aromatic nitrogens is 1. The van der Waals surface area contributed by atoms with Crippen molar-refractivity contribution in [3.63, 3.8) is 0 Å². The number of nitrogens with zero attached hydrogens (tertiary/aromatic N) is 1. The second-order valence-electron chi connectivity index (χ2n) is 4.19. The summed E-state index contributed by atoms with van der Waals surface area (Å²) in [4.78, 5) is 3.71. The summed E-state index contributed by atoms with van der Waals surface area (Å²) in [5, 5.41) is -0.142. The first-order valence-corrected chi connectivity index (χ1v) is 7.34. The zero-order valence-electron chi connectivity index (χ0n) is 10.6. The number of halogens is 3. The largest absolute Gasteiger partial charge is 0.416 e. The third-order valence-electron chi connectivity index (χ3n) is 2.66. The lowest BCUT2D eigenvalue weighted by Gasteiger charge is -2.08. The summed E-state index contributed by atoms with van der Waals surface area (Å²) in [6.07, 6.45) is -3.07. The normalized spacial score (nSPS) is 12.3. The minimum absolute atomic E-state index is 0.114. The van der Waals surface area contributed by atoms with Gasteiger partial charge in [-0.3, -0.25) is 0 Å². The second kappa shape index (κ2) is 5.82. The molecule has 0 saturated carbocycles. The van der Waals surface area contributed by atoms with Gasteiger partial charge in [-0.25, -0.2) is 18.1 Å². The monoisotopic (exact) mass is 316 g/mol. The summed E-state index contributed by atoms with van der Waals surface area (Å²) in [5.41, 5.74) is -0.360. The van der Waals surface area contributed by atoms with E-state index in [1.165, 1.54) is 30.5 Å². The molecule has 2 rings (SSSR count). The van der Waals surface area contributed by atoms with Crippen LogP contribution in [0.1, 0.15) is 11.1 Å². The van der Waals surface area contributed by atoms with Crippen molar-refractivity contribution in [2.45, 2.75) is 17.7 Å². The van der Waals surface area contributed by atoms with E-state index in [0.717, 1.165) is 12.1 Å². The van der Waals surface area contributed by atoms with Gasteiger partial charge in [-0.15, -0.1) is 0 Å². The molecule has 4 nitrogen and oxygen atoms in total. The molecule has 1 heterocycles. The van der Waals surface area contributed by atoms with Gasteiger partial charge in [-0.2, -0.15) is 13.2 Å². The Morgan fingerprint density at radius 2 is 1.71 bits per heavy atom. The SMILES string of the molecule is O=S(=O)(NCc1ccc(C(F)(F)F)cc1)c1ccccn1. The summed E-state index contributed by atoms with van der Waals surface area (Å²) in [5.74, 6) is 0. The van der Waals surface area contributed by atoms with Gasteiger partial charge in [0.15, 0.2) is 5.03 Å². The minimum atomic E-state index is -4.41. The van der Waals surface area contributed by atoms with Crippen LogP contribution in [0, 0.1) is 0 Å². The van der Waals surface area contributed by atoms with Crippen LogP contribution in [0.5, 0.6) is 0 Å². The van der Waals surface area contributed by atoms with Gasteiger partial charge in [-0.05, 0) is 29.8 Å². The molecule has 0 amide bonds. The highest BCUT2D eigenvalue weighted by atomic mass is 32.2. The van der Waals surface area contributed by atoms with Crippen molar-refractivity contribution >= 4 is 10.0 Å². The number of rotatable bonds is 4. The number of nitrogens with one attached hydrogen (secondary N) is 1. The molecule has 0 saturated heterocycles. The fraction of sp³-hybridized carbons (Fsp3) is 0.154. The van der Waals surface area contributed by atoms with Gasteiger partial charge in [0, 0.05) is 12.7 Å². The van der Waals surface area contributed by atoms with Crippen LogP contribution in [0.25, 0.3) is 0 Å². The van der Waals surface area contributed by atoms with Crippen LogP contribution in [0.3, 0.4) is 0 Å². The molecule has 0 aliphatic carbocycles. The lowest BCUT2D eigenvalue weighted by Crippen LogP contribution is -2.24. The highest BCUT2D eigenvalue weighted by Gasteiger charge is 2.29. The third-order valence-corrected chi connectivity index (χ3v) is 3.98. The molecule has 1 aromatic heterocycles. The number of hydrogen-bond donors (Lipinski definition) is 1. The molecule has 8 heteroatoms. The predicted octanol–water partition coefficient (Wildman–Crippen LogP) is 2.58. The fourth-order valence-corrected chi connectivity index (χ4v) is 2.53. The molecular formula is C13H11F3N2O2S. The average Bonchev–Trinajstić information content (AvgIpc) is 2.46. The molecule has 0 fully saturated rings. The Morgan fingerprint density at radius 1 is 1.05 bits per heavy atom. The molecule has 21 heavy (non-hydrogen) atoms. The molecule has 0 atom stereocenters. The first-order chi connectivity index (χ1) is 9.79. The zero-order chi connectivity index (χ0) is 15.5. The number of hydrogen-bond acceptors (Lipinski definition) is 3. The van der Waals surface area contributed by atoms with Crippen molar-refractivity contribution in [2.75, 3.05) is 0 Å². The summed E-state index contributed by atoms with van der Waals surface area (Å²) in [7, 11) is -3.78. The van der Waals surface area contributed by atoms with E-state index in [4.69, 9.17) is 0 Å². The number of sulfonamides is 1. The standard InChI is InChI=1S/C13H11F3N2O2S/c14-13(15,16)11-6-4-10(5-7-11)9-18-21(19,20)12-3-1-2-8-17-12/h1-8,18H,9H2. The third kappa shape index (κ3) is 4.02. The van der Waals surface area contributed by atoms with Gasteiger partial charge in [0.1, 0.15) is 0 Å². The van der Waals surface area contributed by atoms with E-state index >= 15 is 0 Å². The Labute approximate surface area is 119 Å². The molecule has 0 aliphatic heterocycles. The molecule has 1 N–H and O–H groups in total. The first kappa shape index (κ1) is 15.5. The quantitative estimate of drug-likeness (QED) is 0.943. The smallest absolute Gasteiger partial charge is 0.243 e. The van der Waals surface area contributed by atoms with Crippen LogP contribution >= 0.6 is 0 Å². The van der Waals surface area contributed by atoms with Crippen molar-refractivity contribution in [1.82, 2.24) is 9.71 Å². The van der Waals surface area contributed by atoms with E-state index in [1.807, 2.05) is 0 Å². The zero-order valence-corrected chi connectivity index (χ0v) is 11.4. The van der Waals surface area contributed by atoms with E-state index in [-0.39, 0.29) is 11.6 Å². The topological polar surface area (TPSA) is 59.1 Å². The molecule has 0 bridgehead atoms. The van der Waals surface area contributed by atoms with Crippen LogP contribution in [0.15, 0.2) is 53.7 Å². The van der Waals surface area contributed by atoms with Gasteiger partial charge in [0.2, 0.25) is 0 Å². The van der Waals surface area contributed by atoms with Crippen molar-refractivity contribution < 1.29 is 21.6 Å². The first-order valence-electron chi connectivity index (χ1n) is 5.86. The molecule has 0 spiro atoms. The van der Waals surface area contributed by atoms with Crippen LogP contribution < -0.4 is 4.72 Å². The predicted molar refractivity (Wildman–Crippen MR) is 69.7 cm³/mol. The Balaban J connectivity index is 2.07. The minimum Gasteiger partial charge on any atom is -0.243 e. The maximum absolute atomic E-state index is 12.4. The van der Waals surface area contributed by atoms with Crippen LogP contribution in [-0.4, -0.2) is 13.4 Å². The molecule has 0 radical (unpaired) electrons. The summed E-state index contributed by atoms with van der Waals surface area (Å²) < 4.78 is 63.2. The van der Waals surface area contributed by atoms with Gasteiger partial charge >= 0.3 is 6.18 Å². The van der Waals surface area contributed by atoms with E-state index in [1.54, 1.807) is 6.07 Å². The van der Waals surface area contributed by atoms with Crippen LogP contribution in [0.4, 0.5) is 13.2 Å².